The third-order valence-corrected chi connectivity index (χ3v) is 6.00. The topological polar surface area (TPSA) is 81.7 Å². The Kier molecular flexibility index (Phi) is 7.24. The molecule has 146 valence electrons. The summed E-state index contributed by atoms with van der Waals surface area (Å²) < 4.78 is 38.6. The van der Waals surface area contributed by atoms with Crippen LogP contribution in [0, 0.1) is 6.92 Å². The van der Waals surface area contributed by atoms with E-state index in [2.05, 4.69) is 4.72 Å². The Morgan fingerprint density at radius 3 is 2.59 bits per heavy atom. The molecule has 0 aliphatic rings. The Bertz CT molecular complexity index is 914. The Hall–Kier alpha value is -2.09. The molecule has 1 atom stereocenters. The SMILES string of the molecule is CCOC(=O)C[C@H](NS(=O)(=O)c1cccc(Cl)c1C)c1cccc(OC)c1. The maximum Gasteiger partial charge on any atom is 0.307 e. The van der Waals surface area contributed by atoms with Crippen molar-refractivity contribution in [1.82, 2.24) is 4.72 Å². The molecule has 0 radical (unpaired) electrons. The normalized spacial score (nSPS) is 12.4. The molecule has 1 N–H and O–H groups in total. The van der Waals surface area contributed by atoms with Crippen molar-refractivity contribution in [2.45, 2.75) is 31.2 Å². The number of rotatable bonds is 8. The van der Waals surface area contributed by atoms with E-state index in [1.165, 1.54) is 13.2 Å². The summed E-state index contributed by atoms with van der Waals surface area (Å²) in [5.41, 5.74) is 1.03. The van der Waals surface area contributed by atoms with Crippen molar-refractivity contribution in [2.75, 3.05) is 13.7 Å². The maximum atomic E-state index is 12.9. The highest BCUT2D eigenvalue weighted by Gasteiger charge is 2.26. The number of esters is 1. The fourth-order valence-electron chi connectivity index (χ4n) is 2.60. The molecule has 0 heterocycles. The first kappa shape index (κ1) is 21.2. The summed E-state index contributed by atoms with van der Waals surface area (Å²) in [6.45, 7) is 3.53. The minimum absolute atomic E-state index is 0.0618. The van der Waals surface area contributed by atoms with Crippen LogP contribution in [-0.2, 0) is 19.6 Å². The Morgan fingerprint density at radius 2 is 1.93 bits per heavy atom. The predicted octanol–water partition coefficient (Wildman–Crippen LogP) is 3.63. The largest absolute Gasteiger partial charge is 0.497 e. The van der Waals surface area contributed by atoms with Crippen LogP contribution in [0.4, 0.5) is 0 Å². The molecule has 0 fully saturated rings. The highest BCUT2D eigenvalue weighted by Crippen LogP contribution is 2.27. The van der Waals surface area contributed by atoms with Crippen molar-refractivity contribution in [3.8, 4) is 5.75 Å². The van der Waals surface area contributed by atoms with Crippen molar-refractivity contribution < 1.29 is 22.7 Å². The number of methoxy groups -OCH3 is 1. The van der Waals surface area contributed by atoms with E-state index in [1.54, 1.807) is 50.2 Å². The Morgan fingerprint density at radius 1 is 1.22 bits per heavy atom. The molecule has 0 saturated carbocycles. The molecule has 2 aromatic rings. The van der Waals surface area contributed by atoms with E-state index < -0.39 is 22.0 Å². The minimum Gasteiger partial charge on any atom is -0.497 e. The predicted molar refractivity (Wildman–Crippen MR) is 103 cm³/mol. The smallest absolute Gasteiger partial charge is 0.307 e. The number of ether oxygens (including phenoxy) is 2. The molecule has 0 amide bonds. The van der Waals surface area contributed by atoms with E-state index in [9.17, 15) is 13.2 Å². The molecule has 27 heavy (non-hydrogen) atoms. The molecule has 0 bridgehead atoms. The monoisotopic (exact) mass is 411 g/mol. The number of carbonyl (C=O) groups excluding carboxylic acids is 1. The second kappa shape index (κ2) is 9.21. The van der Waals surface area contributed by atoms with E-state index in [4.69, 9.17) is 21.1 Å². The fraction of sp³-hybridized carbons (Fsp3) is 0.316. The van der Waals surface area contributed by atoms with E-state index in [0.717, 1.165) is 0 Å². The van der Waals surface area contributed by atoms with Gasteiger partial charge in [-0.05, 0) is 49.2 Å². The maximum absolute atomic E-state index is 12.9. The summed E-state index contributed by atoms with van der Waals surface area (Å²) in [5, 5.41) is 0.348. The Labute approximate surface area is 164 Å². The average molecular weight is 412 g/mol. The molecule has 0 spiro atoms. The van der Waals surface area contributed by atoms with Crippen LogP contribution in [0.5, 0.6) is 5.75 Å². The molecular formula is C19H22ClNO5S. The number of hydrogen-bond donors (Lipinski definition) is 1. The first-order valence-electron chi connectivity index (χ1n) is 8.35. The first-order chi connectivity index (χ1) is 12.8. The van der Waals surface area contributed by atoms with Gasteiger partial charge in [-0.25, -0.2) is 13.1 Å². The van der Waals surface area contributed by atoms with E-state index in [0.29, 0.717) is 21.9 Å². The van der Waals surface area contributed by atoms with Crippen LogP contribution in [0.15, 0.2) is 47.4 Å². The van der Waals surface area contributed by atoms with Gasteiger partial charge < -0.3 is 9.47 Å². The fourth-order valence-corrected chi connectivity index (χ4v) is 4.32. The number of hydrogen-bond acceptors (Lipinski definition) is 5. The van der Waals surface area contributed by atoms with Crippen LogP contribution in [0.25, 0.3) is 0 Å². The Balaban J connectivity index is 2.40. The molecule has 2 rings (SSSR count). The van der Waals surface area contributed by atoms with Crippen LogP contribution in [0.2, 0.25) is 5.02 Å². The van der Waals surface area contributed by atoms with Crippen molar-refractivity contribution in [2.24, 2.45) is 0 Å². The highest BCUT2D eigenvalue weighted by molar-refractivity contribution is 7.89. The molecule has 0 aliphatic heterocycles. The molecule has 0 aliphatic carbocycles. The summed E-state index contributed by atoms with van der Waals surface area (Å²) in [6.07, 6.45) is -0.153. The number of sulfonamides is 1. The number of halogens is 1. The van der Waals surface area contributed by atoms with Gasteiger partial charge in [0.2, 0.25) is 10.0 Å². The van der Waals surface area contributed by atoms with Crippen LogP contribution in [0.1, 0.15) is 30.5 Å². The zero-order valence-electron chi connectivity index (χ0n) is 15.4. The molecule has 2 aromatic carbocycles. The summed E-state index contributed by atoms with van der Waals surface area (Å²) in [6, 6.07) is 10.7. The number of nitrogens with one attached hydrogen (secondary N) is 1. The molecule has 8 heteroatoms. The third kappa shape index (κ3) is 5.45. The van der Waals surface area contributed by atoms with Crippen LogP contribution in [-0.4, -0.2) is 28.1 Å². The summed E-state index contributed by atoms with van der Waals surface area (Å²) in [7, 11) is -2.41. The van der Waals surface area contributed by atoms with Gasteiger partial charge in [0.25, 0.3) is 0 Å². The lowest BCUT2D eigenvalue weighted by Gasteiger charge is -2.20. The van der Waals surface area contributed by atoms with Crippen molar-refractivity contribution >= 4 is 27.6 Å². The quantitative estimate of drug-likeness (QED) is 0.671. The lowest BCUT2D eigenvalue weighted by molar-refractivity contribution is -0.143. The summed E-state index contributed by atoms with van der Waals surface area (Å²) in [4.78, 5) is 12.1. The first-order valence-corrected chi connectivity index (χ1v) is 10.2. The molecule has 0 unspecified atom stereocenters. The standard InChI is InChI=1S/C19H22ClNO5S/c1-4-26-19(22)12-17(14-7-5-8-15(11-14)25-3)21-27(23,24)18-10-6-9-16(20)13(18)2/h5-11,17,21H,4,12H2,1-3H3/t17-/m0/s1. The van der Waals surface area contributed by atoms with Gasteiger partial charge >= 0.3 is 5.97 Å². The lowest BCUT2D eigenvalue weighted by Crippen LogP contribution is -2.31. The van der Waals surface area contributed by atoms with Crippen molar-refractivity contribution in [3.63, 3.8) is 0 Å². The van der Waals surface area contributed by atoms with Gasteiger partial charge in [0, 0.05) is 5.02 Å². The zero-order valence-corrected chi connectivity index (χ0v) is 16.9. The highest BCUT2D eigenvalue weighted by atomic mass is 35.5. The summed E-state index contributed by atoms with van der Waals surface area (Å²) in [5.74, 6) is 0.0512. The van der Waals surface area contributed by atoms with E-state index in [-0.39, 0.29) is 17.9 Å². The second-order valence-corrected chi connectivity index (χ2v) is 7.91. The summed E-state index contributed by atoms with van der Waals surface area (Å²) >= 11 is 6.06. The molecule has 0 aromatic heterocycles. The molecular weight excluding hydrogens is 390 g/mol. The van der Waals surface area contributed by atoms with Crippen LogP contribution < -0.4 is 9.46 Å². The van der Waals surface area contributed by atoms with Gasteiger partial charge in [0.05, 0.1) is 31.1 Å². The van der Waals surface area contributed by atoms with Crippen LogP contribution >= 0.6 is 11.6 Å². The third-order valence-electron chi connectivity index (χ3n) is 3.98. The minimum atomic E-state index is -3.92. The number of benzene rings is 2. The van der Waals surface area contributed by atoms with Crippen molar-refractivity contribution in [3.05, 3.63) is 58.6 Å². The van der Waals surface area contributed by atoms with Gasteiger partial charge in [-0.2, -0.15) is 0 Å². The average Bonchev–Trinajstić information content (AvgIpc) is 2.63. The van der Waals surface area contributed by atoms with Gasteiger partial charge in [-0.15, -0.1) is 0 Å². The zero-order chi connectivity index (χ0) is 20.0. The van der Waals surface area contributed by atoms with Crippen molar-refractivity contribution in [1.29, 1.82) is 0 Å². The van der Waals surface area contributed by atoms with Gasteiger partial charge in [-0.1, -0.05) is 29.8 Å². The molecule has 6 nitrogen and oxygen atoms in total. The van der Waals surface area contributed by atoms with Gasteiger partial charge in [-0.3, -0.25) is 4.79 Å². The van der Waals surface area contributed by atoms with Gasteiger partial charge in [0.15, 0.2) is 0 Å². The molecule has 0 saturated heterocycles. The van der Waals surface area contributed by atoms with E-state index in [1.807, 2.05) is 0 Å². The lowest BCUT2D eigenvalue weighted by atomic mass is 10.0. The van der Waals surface area contributed by atoms with E-state index >= 15 is 0 Å². The van der Waals surface area contributed by atoms with Gasteiger partial charge in [0.1, 0.15) is 5.75 Å². The number of carbonyl (C=O) groups is 1. The van der Waals surface area contributed by atoms with Crippen LogP contribution in [0.3, 0.4) is 0 Å². The second-order valence-electron chi connectivity index (χ2n) is 5.82.